The molecule has 1 saturated heterocycles. The fourth-order valence-corrected chi connectivity index (χ4v) is 3.37. The molecule has 2 heterocycles. The summed E-state index contributed by atoms with van der Waals surface area (Å²) in [5.41, 5.74) is 1.29. The number of rotatable bonds is 5. The molecular formula is C18H27N3O2. The number of aliphatic imine (C=N–C) groups is 1. The van der Waals surface area contributed by atoms with E-state index in [1.807, 2.05) is 12.1 Å². The largest absolute Gasteiger partial charge is 0.488 e. The number of hydrogen-bond donors (Lipinski definition) is 1. The van der Waals surface area contributed by atoms with E-state index in [2.05, 4.69) is 29.3 Å². The number of benzene rings is 1. The van der Waals surface area contributed by atoms with Gasteiger partial charge < -0.3 is 19.7 Å². The smallest absolute Gasteiger partial charge is 0.194 e. The normalized spacial score (nSPS) is 23.7. The molecule has 5 heteroatoms. The highest BCUT2D eigenvalue weighted by Gasteiger charge is 2.26. The molecule has 1 aromatic carbocycles. The molecule has 1 fully saturated rings. The number of para-hydroxylation sites is 1. The first-order valence-corrected chi connectivity index (χ1v) is 8.57. The van der Waals surface area contributed by atoms with Gasteiger partial charge in [0.2, 0.25) is 0 Å². The standard InChI is InChI=1S/C18H27N3O2/c1-3-19-18(21-9-8-14(12-21)13-22-2)20-11-16-10-15-6-4-5-7-17(15)23-16/h4-7,14,16H,3,8-13H2,1-2H3,(H,19,20). The number of nitrogens with zero attached hydrogens (tertiary/aromatic N) is 2. The third kappa shape index (κ3) is 3.96. The first-order valence-electron chi connectivity index (χ1n) is 8.57. The Hall–Kier alpha value is -1.75. The fourth-order valence-electron chi connectivity index (χ4n) is 3.37. The average molecular weight is 317 g/mol. The lowest BCUT2D eigenvalue weighted by Crippen LogP contribution is -2.41. The SMILES string of the molecule is CCNC(=NCC1Cc2ccccc2O1)N1CCC(COC)C1. The Balaban J connectivity index is 1.58. The minimum absolute atomic E-state index is 0.151. The highest BCUT2D eigenvalue weighted by molar-refractivity contribution is 5.80. The van der Waals surface area contributed by atoms with E-state index in [1.165, 1.54) is 12.0 Å². The molecule has 0 bridgehead atoms. The summed E-state index contributed by atoms with van der Waals surface area (Å²) in [4.78, 5) is 7.16. The van der Waals surface area contributed by atoms with Crippen molar-refractivity contribution >= 4 is 5.96 Å². The summed E-state index contributed by atoms with van der Waals surface area (Å²) in [6, 6.07) is 8.27. The van der Waals surface area contributed by atoms with Crippen molar-refractivity contribution < 1.29 is 9.47 Å². The monoisotopic (exact) mass is 317 g/mol. The first kappa shape index (κ1) is 16.1. The van der Waals surface area contributed by atoms with Gasteiger partial charge in [0.25, 0.3) is 0 Å². The Bertz CT molecular complexity index is 522. The second kappa shape index (κ2) is 7.68. The summed E-state index contributed by atoms with van der Waals surface area (Å²) in [5.74, 6) is 2.63. The van der Waals surface area contributed by atoms with E-state index in [0.29, 0.717) is 12.5 Å². The van der Waals surface area contributed by atoms with Crippen molar-refractivity contribution in [3.8, 4) is 5.75 Å². The molecule has 23 heavy (non-hydrogen) atoms. The molecule has 2 unspecified atom stereocenters. The van der Waals surface area contributed by atoms with Gasteiger partial charge in [0.15, 0.2) is 5.96 Å². The van der Waals surface area contributed by atoms with Gasteiger partial charge in [-0.1, -0.05) is 18.2 Å². The van der Waals surface area contributed by atoms with E-state index in [9.17, 15) is 0 Å². The van der Waals surface area contributed by atoms with Crippen LogP contribution >= 0.6 is 0 Å². The number of nitrogens with one attached hydrogen (secondary N) is 1. The average Bonchev–Trinajstić information content (AvgIpc) is 3.18. The van der Waals surface area contributed by atoms with Crippen molar-refractivity contribution in [1.82, 2.24) is 10.2 Å². The Morgan fingerprint density at radius 3 is 3.09 bits per heavy atom. The Kier molecular flexibility index (Phi) is 5.39. The van der Waals surface area contributed by atoms with E-state index in [4.69, 9.17) is 14.5 Å². The summed E-state index contributed by atoms with van der Waals surface area (Å²) in [6.45, 7) is 6.59. The van der Waals surface area contributed by atoms with Crippen LogP contribution in [0.3, 0.4) is 0 Å². The van der Waals surface area contributed by atoms with E-state index >= 15 is 0 Å². The molecule has 0 spiro atoms. The third-order valence-electron chi connectivity index (χ3n) is 4.48. The summed E-state index contributed by atoms with van der Waals surface area (Å²) in [7, 11) is 1.77. The Morgan fingerprint density at radius 1 is 1.43 bits per heavy atom. The summed E-state index contributed by atoms with van der Waals surface area (Å²) < 4.78 is 11.3. The van der Waals surface area contributed by atoms with Crippen LogP contribution in [-0.4, -0.2) is 56.9 Å². The zero-order valence-electron chi connectivity index (χ0n) is 14.1. The van der Waals surface area contributed by atoms with Gasteiger partial charge in [-0.3, -0.25) is 0 Å². The van der Waals surface area contributed by atoms with Crippen molar-refractivity contribution in [2.45, 2.75) is 25.9 Å². The van der Waals surface area contributed by atoms with Crippen LogP contribution in [-0.2, 0) is 11.2 Å². The molecule has 0 aliphatic carbocycles. The van der Waals surface area contributed by atoms with Crippen LogP contribution in [0.1, 0.15) is 18.9 Å². The van der Waals surface area contributed by atoms with Gasteiger partial charge in [0.05, 0.1) is 13.2 Å². The zero-order valence-corrected chi connectivity index (χ0v) is 14.1. The second-order valence-electron chi connectivity index (χ2n) is 6.30. The Labute approximate surface area is 138 Å². The Morgan fingerprint density at radius 2 is 2.30 bits per heavy atom. The van der Waals surface area contributed by atoms with Gasteiger partial charge in [-0.05, 0) is 25.0 Å². The van der Waals surface area contributed by atoms with Crippen LogP contribution < -0.4 is 10.1 Å². The van der Waals surface area contributed by atoms with Crippen LogP contribution in [0.2, 0.25) is 0 Å². The van der Waals surface area contributed by atoms with Crippen LogP contribution in [0.5, 0.6) is 5.75 Å². The second-order valence-corrected chi connectivity index (χ2v) is 6.30. The topological polar surface area (TPSA) is 46.1 Å². The van der Waals surface area contributed by atoms with Gasteiger partial charge in [-0.25, -0.2) is 4.99 Å². The summed E-state index contributed by atoms with van der Waals surface area (Å²) in [6.07, 6.45) is 2.27. The molecule has 126 valence electrons. The maximum absolute atomic E-state index is 5.98. The van der Waals surface area contributed by atoms with Crippen molar-refractivity contribution in [3.05, 3.63) is 29.8 Å². The van der Waals surface area contributed by atoms with Gasteiger partial charge >= 0.3 is 0 Å². The zero-order chi connectivity index (χ0) is 16.1. The summed E-state index contributed by atoms with van der Waals surface area (Å²) in [5, 5.41) is 3.41. The lowest BCUT2D eigenvalue weighted by atomic mass is 10.1. The fraction of sp³-hybridized carbons (Fsp3) is 0.611. The van der Waals surface area contributed by atoms with Gasteiger partial charge in [0.1, 0.15) is 11.9 Å². The maximum atomic E-state index is 5.98. The molecule has 0 radical (unpaired) electrons. The minimum Gasteiger partial charge on any atom is -0.488 e. The van der Waals surface area contributed by atoms with Crippen molar-refractivity contribution in [1.29, 1.82) is 0 Å². The molecule has 0 amide bonds. The molecule has 1 N–H and O–H groups in total. The van der Waals surface area contributed by atoms with Gasteiger partial charge in [-0.15, -0.1) is 0 Å². The highest BCUT2D eigenvalue weighted by Crippen LogP contribution is 2.28. The predicted molar refractivity (Wildman–Crippen MR) is 92.1 cm³/mol. The lowest BCUT2D eigenvalue weighted by Gasteiger charge is -2.22. The van der Waals surface area contributed by atoms with Crippen LogP contribution in [0.15, 0.2) is 29.3 Å². The third-order valence-corrected chi connectivity index (χ3v) is 4.48. The minimum atomic E-state index is 0.151. The molecule has 0 saturated carbocycles. The quantitative estimate of drug-likeness (QED) is 0.666. The van der Waals surface area contributed by atoms with E-state index in [1.54, 1.807) is 7.11 Å². The van der Waals surface area contributed by atoms with Crippen LogP contribution in [0.25, 0.3) is 0 Å². The number of hydrogen-bond acceptors (Lipinski definition) is 3. The van der Waals surface area contributed by atoms with E-state index in [0.717, 1.165) is 44.4 Å². The molecule has 0 aromatic heterocycles. The molecule has 2 aliphatic heterocycles. The lowest BCUT2D eigenvalue weighted by molar-refractivity contribution is 0.157. The van der Waals surface area contributed by atoms with Crippen LogP contribution in [0.4, 0.5) is 0 Å². The van der Waals surface area contributed by atoms with Gasteiger partial charge in [0, 0.05) is 39.1 Å². The molecular weight excluding hydrogens is 290 g/mol. The molecule has 2 atom stereocenters. The van der Waals surface area contributed by atoms with Crippen LogP contribution in [0, 0.1) is 5.92 Å². The maximum Gasteiger partial charge on any atom is 0.194 e. The number of fused-ring (bicyclic) bond motifs is 1. The van der Waals surface area contributed by atoms with Gasteiger partial charge in [-0.2, -0.15) is 0 Å². The predicted octanol–water partition coefficient (Wildman–Crippen LogP) is 1.92. The molecule has 1 aromatic rings. The molecule has 2 aliphatic rings. The van der Waals surface area contributed by atoms with Crippen molar-refractivity contribution in [3.63, 3.8) is 0 Å². The molecule has 5 nitrogen and oxygen atoms in total. The van der Waals surface area contributed by atoms with E-state index in [-0.39, 0.29) is 6.10 Å². The summed E-state index contributed by atoms with van der Waals surface area (Å²) >= 11 is 0. The number of guanidine groups is 1. The van der Waals surface area contributed by atoms with E-state index < -0.39 is 0 Å². The highest BCUT2D eigenvalue weighted by atomic mass is 16.5. The number of likely N-dealkylation sites (tertiary alicyclic amines) is 1. The first-order chi connectivity index (χ1) is 11.3. The van der Waals surface area contributed by atoms with Crippen molar-refractivity contribution in [2.75, 3.05) is 39.9 Å². The number of ether oxygens (including phenoxy) is 2. The number of methoxy groups -OCH3 is 1. The molecule has 3 rings (SSSR count). The van der Waals surface area contributed by atoms with Crippen molar-refractivity contribution in [2.24, 2.45) is 10.9 Å².